The number of rotatable bonds is 5. The van der Waals surface area contributed by atoms with Gasteiger partial charge in [-0.15, -0.1) is 0 Å². The third-order valence-corrected chi connectivity index (χ3v) is 10.9. The van der Waals surface area contributed by atoms with Crippen LogP contribution in [-0.2, 0) is 27.2 Å². The Morgan fingerprint density at radius 1 is 0.588 bits per heavy atom. The van der Waals surface area contributed by atoms with Crippen LogP contribution in [0.25, 0.3) is 0 Å². The molecule has 0 amide bonds. The van der Waals surface area contributed by atoms with Crippen molar-refractivity contribution in [2.24, 2.45) is 5.41 Å². The van der Waals surface area contributed by atoms with Gasteiger partial charge in [-0.1, -0.05) is 91.0 Å². The lowest BCUT2D eigenvalue weighted by atomic mass is 9.93. The first kappa shape index (κ1) is 23.7. The van der Waals surface area contributed by atoms with Crippen molar-refractivity contribution in [1.29, 1.82) is 0 Å². The monoisotopic (exact) mass is 498 g/mol. The minimum atomic E-state index is -3.54. The molecule has 6 nitrogen and oxygen atoms in total. The zero-order chi connectivity index (χ0) is 23.7. The number of hydrogen-bond acceptors (Lipinski definition) is 6. The summed E-state index contributed by atoms with van der Waals surface area (Å²) in [5.74, 6) is 0. The van der Waals surface area contributed by atoms with Gasteiger partial charge in [0.25, 0.3) is 0 Å². The van der Waals surface area contributed by atoms with Crippen LogP contribution in [0.1, 0.15) is 34.9 Å². The van der Waals surface area contributed by atoms with Gasteiger partial charge < -0.3 is 18.1 Å². The molecule has 1 atom stereocenters. The van der Waals surface area contributed by atoms with Crippen LogP contribution >= 0.6 is 15.2 Å². The Morgan fingerprint density at radius 2 is 0.941 bits per heavy atom. The van der Waals surface area contributed by atoms with E-state index in [2.05, 4.69) is 0 Å². The normalized spacial score (nSPS) is 30.3. The zero-order valence-corrected chi connectivity index (χ0v) is 20.8. The maximum absolute atomic E-state index is 14.0. The molecule has 0 bridgehead atoms. The van der Waals surface area contributed by atoms with Crippen molar-refractivity contribution in [1.82, 2.24) is 0 Å². The first-order valence-corrected chi connectivity index (χ1v) is 14.6. The van der Waals surface area contributed by atoms with Crippen molar-refractivity contribution in [3.8, 4) is 0 Å². The van der Waals surface area contributed by atoms with Gasteiger partial charge in [-0.05, 0) is 23.6 Å². The number of benzene rings is 3. The van der Waals surface area contributed by atoms with Crippen molar-refractivity contribution in [2.45, 2.75) is 18.2 Å². The zero-order valence-electron chi connectivity index (χ0n) is 19.0. The van der Waals surface area contributed by atoms with Crippen molar-refractivity contribution in [2.75, 3.05) is 26.4 Å². The van der Waals surface area contributed by atoms with Crippen LogP contribution < -0.4 is 0 Å². The summed E-state index contributed by atoms with van der Waals surface area (Å²) in [6.07, 6.45) is 0. The summed E-state index contributed by atoms with van der Waals surface area (Å²) in [5.41, 5.74) is 1.05. The molecular weight excluding hydrogens is 470 g/mol. The standard InChI is InChI=1S/C26H28O6P2/c1-21(22-11-5-2-6-12-22)33(27)29-17-26(18-30-33)19-31-34(28,32-20-26)25(23-13-7-3-8-14-23)24-15-9-4-10-16-24/h2-16,21,25H,17-20H2,1H3. The summed E-state index contributed by atoms with van der Waals surface area (Å²) in [6, 6.07) is 28.8. The average Bonchev–Trinajstić information content (AvgIpc) is 2.89. The Bertz CT molecular complexity index is 1140. The van der Waals surface area contributed by atoms with Gasteiger partial charge in [0, 0.05) is 0 Å². The predicted molar refractivity (Wildman–Crippen MR) is 131 cm³/mol. The summed E-state index contributed by atoms with van der Waals surface area (Å²) in [6.45, 7) is 2.44. The van der Waals surface area contributed by atoms with Gasteiger partial charge in [-0.2, -0.15) is 0 Å². The molecule has 5 rings (SSSR count). The highest BCUT2D eigenvalue weighted by Gasteiger charge is 2.52. The summed E-state index contributed by atoms with van der Waals surface area (Å²) >= 11 is 0. The van der Waals surface area contributed by atoms with Gasteiger partial charge >= 0.3 is 15.2 Å². The van der Waals surface area contributed by atoms with Crippen molar-refractivity contribution >= 4 is 15.2 Å². The van der Waals surface area contributed by atoms with Crippen molar-refractivity contribution < 1.29 is 27.2 Å². The largest absolute Gasteiger partial charge is 0.342 e. The lowest BCUT2D eigenvalue weighted by Gasteiger charge is -2.45. The van der Waals surface area contributed by atoms with Gasteiger partial charge in [0.15, 0.2) is 0 Å². The molecule has 0 aromatic heterocycles. The van der Waals surface area contributed by atoms with Crippen LogP contribution in [0.2, 0.25) is 0 Å². The summed E-state index contributed by atoms with van der Waals surface area (Å²) in [5, 5.41) is 0. The molecule has 0 N–H and O–H groups in total. The Balaban J connectivity index is 1.32. The molecular formula is C26H28O6P2. The average molecular weight is 498 g/mol. The van der Waals surface area contributed by atoms with E-state index in [4.69, 9.17) is 18.1 Å². The fourth-order valence-electron chi connectivity index (χ4n) is 4.35. The Hall–Kier alpha value is -2.04. The van der Waals surface area contributed by atoms with E-state index in [1.54, 1.807) is 0 Å². The molecule has 2 heterocycles. The topological polar surface area (TPSA) is 71.1 Å². The highest BCUT2D eigenvalue weighted by atomic mass is 31.2. The smallest absolute Gasteiger partial charge is 0.307 e. The fraction of sp³-hybridized carbons (Fsp3) is 0.308. The van der Waals surface area contributed by atoms with E-state index in [9.17, 15) is 9.13 Å². The van der Waals surface area contributed by atoms with Gasteiger partial charge in [0.2, 0.25) is 0 Å². The second-order valence-electron chi connectivity index (χ2n) is 8.98. The maximum atomic E-state index is 14.0. The lowest BCUT2D eigenvalue weighted by molar-refractivity contribution is -0.0705. The molecule has 2 aliphatic heterocycles. The summed E-state index contributed by atoms with van der Waals surface area (Å²) < 4.78 is 51.2. The van der Waals surface area contributed by atoms with Crippen molar-refractivity contribution in [3.63, 3.8) is 0 Å². The van der Waals surface area contributed by atoms with Crippen LogP contribution in [0.4, 0.5) is 0 Å². The highest BCUT2D eigenvalue weighted by molar-refractivity contribution is 7.54. The van der Waals surface area contributed by atoms with E-state index in [0.29, 0.717) is 0 Å². The van der Waals surface area contributed by atoms with E-state index in [1.807, 2.05) is 97.9 Å². The minimum absolute atomic E-state index is 0.139. The third-order valence-electron chi connectivity index (χ3n) is 6.51. The Kier molecular flexibility index (Phi) is 6.65. The first-order valence-electron chi connectivity index (χ1n) is 11.4. The molecule has 3 aromatic rings. The lowest BCUT2D eigenvalue weighted by Crippen LogP contribution is -2.46. The first-order chi connectivity index (χ1) is 16.4. The molecule has 2 fully saturated rings. The molecule has 2 saturated heterocycles. The van der Waals surface area contributed by atoms with Gasteiger partial charge in [0.05, 0.1) is 37.5 Å². The molecule has 34 heavy (non-hydrogen) atoms. The molecule has 8 heteroatoms. The quantitative estimate of drug-likeness (QED) is 0.353. The molecule has 178 valence electrons. The van der Waals surface area contributed by atoms with E-state index in [-0.39, 0.29) is 32.1 Å². The van der Waals surface area contributed by atoms with Crippen LogP contribution in [-0.4, -0.2) is 26.4 Å². The molecule has 0 saturated carbocycles. The number of hydrogen-bond donors (Lipinski definition) is 0. The van der Waals surface area contributed by atoms with Crippen LogP contribution in [0, 0.1) is 5.41 Å². The van der Waals surface area contributed by atoms with Crippen LogP contribution in [0.3, 0.4) is 0 Å². The predicted octanol–water partition coefficient (Wildman–Crippen LogP) is 7.00. The summed E-state index contributed by atoms with van der Waals surface area (Å²) in [7, 11) is -6.89. The van der Waals surface area contributed by atoms with E-state index < -0.39 is 26.3 Å². The SMILES string of the molecule is CC(c1ccccc1)P1(=O)OCC2(CO1)COP(=O)(C(c1ccccc1)c1ccccc1)OC2. The summed E-state index contributed by atoms with van der Waals surface area (Å²) in [4.78, 5) is 0. The van der Waals surface area contributed by atoms with Gasteiger partial charge in [0.1, 0.15) is 5.66 Å². The van der Waals surface area contributed by atoms with E-state index >= 15 is 0 Å². The van der Waals surface area contributed by atoms with E-state index in [0.717, 1.165) is 16.7 Å². The van der Waals surface area contributed by atoms with Gasteiger partial charge in [-0.3, -0.25) is 9.13 Å². The molecule has 2 aliphatic rings. The maximum Gasteiger partial charge on any atom is 0.342 e. The second kappa shape index (κ2) is 9.54. The molecule has 0 aliphatic carbocycles. The molecule has 1 unspecified atom stereocenters. The highest BCUT2D eigenvalue weighted by Crippen LogP contribution is 2.69. The second-order valence-corrected chi connectivity index (χ2v) is 13.5. The van der Waals surface area contributed by atoms with Crippen LogP contribution in [0.5, 0.6) is 0 Å². The third kappa shape index (κ3) is 4.59. The Morgan fingerprint density at radius 3 is 1.35 bits per heavy atom. The van der Waals surface area contributed by atoms with E-state index in [1.165, 1.54) is 0 Å². The molecule has 0 radical (unpaired) electrons. The molecule has 3 aromatic carbocycles. The fourth-order valence-corrected chi connectivity index (χ4v) is 8.67. The Labute approximate surface area is 200 Å². The van der Waals surface area contributed by atoms with Crippen LogP contribution in [0.15, 0.2) is 91.0 Å². The van der Waals surface area contributed by atoms with Gasteiger partial charge in [-0.25, -0.2) is 0 Å². The minimum Gasteiger partial charge on any atom is -0.307 e. The van der Waals surface area contributed by atoms with Crippen molar-refractivity contribution in [3.05, 3.63) is 108 Å². The molecule has 1 spiro atoms.